The van der Waals surface area contributed by atoms with Gasteiger partial charge in [-0.3, -0.25) is 27.2 Å². The number of phosphoric ester groups is 2. The Morgan fingerprint density at radius 1 is 0.870 bits per heavy atom. The summed E-state index contributed by atoms with van der Waals surface area (Å²) in [5.41, 5.74) is 6.73. The number of nitrogens with zero attached hydrogens (tertiary/aromatic N) is 6. The first-order chi connectivity index (χ1) is 21.7. The smallest absolute Gasteiger partial charge is 0.386 e. The van der Waals surface area contributed by atoms with Crippen LogP contribution >= 0.6 is 50.4 Å². The van der Waals surface area contributed by atoms with E-state index in [2.05, 4.69) is 19.9 Å². The molecule has 3 aliphatic rings. The lowest BCUT2D eigenvalue weighted by atomic mass is 10.1. The molecule has 6 heterocycles. The molecule has 3 aliphatic heterocycles. The van der Waals surface area contributed by atoms with Crippen LogP contribution in [0.2, 0.25) is 15.3 Å². The van der Waals surface area contributed by atoms with E-state index in [9.17, 15) is 29.1 Å². The fourth-order valence-corrected chi connectivity index (χ4v) is 8.00. The van der Waals surface area contributed by atoms with Crippen molar-refractivity contribution in [1.82, 2.24) is 29.1 Å². The van der Waals surface area contributed by atoms with Gasteiger partial charge in [-0.15, -0.1) is 0 Å². The van der Waals surface area contributed by atoms with Crippen LogP contribution in [0.4, 0.5) is 5.82 Å². The number of rotatable bonds is 2. The molecule has 10 unspecified atom stereocenters. The summed E-state index contributed by atoms with van der Waals surface area (Å²) in [4.78, 5) is 37.5. The molecule has 19 nitrogen and oxygen atoms in total. The quantitative estimate of drug-likeness (QED) is 0.184. The fourth-order valence-electron chi connectivity index (χ4n) is 5.47. The number of halogens is 3. The Bertz CT molecular complexity index is 1930. The molecule has 3 saturated heterocycles. The second-order valence-electron chi connectivity index (χ2n) is 10.4. The van der Waals surface area contributed by atoms with Gasteiger partial charge in [0, 0.05) is 0 Å². The topological polar surface area (TPSA) is 258 Å². The van der Waals surface area contributed by atoms with Crippen LogP contribution < -0.4 is 5.73 Å². The number of aliphatic hydroxyl groups is 2. The van der Waals surface area contributed by atoms with Crippen LogP contribution in [0.3, 0.4) is 0 Å². The third-order valence-electron chi connectivity index (χ3n) is 7.54. The van der Waals surface area contributed by atoms with Crippen molar-refractivity contribution in [3.05, 3.63) is 40.1 Å². The molecule has 0 amide bonds. The molecule has 0 saturated carbocycles. The molecule has 0 radical (unpaired) electrons. The van der Waals surface area contributed by atoms with Crippen molar-refractivity contribution < 1.29 is 56.7 Å². The van der Waals surface area contributed by atoms with Gasteiger partial charge in [0.25, 0.3) is 0 Å². The van der Waals surface area contributed by atoms with Crippen molar-refractivity contribution >= 4 is 78.5 Å². The zero-order chi connectivity index (χ0) is 32.7. The van der Waals surface area contributed by atoms with Gasteiger partial charge in [0.2, 0.25) is 5.28 Å². The Morgan fingerprint density at radius 2 is 1.46 bits per heavy atom. The van der Waals surface area contributed by atoms with Crippen LogP contribution in [0.25, 0.3) is 22.2 Å². The molecule has 0 aliphatic carbocycles. The first kappa shape index (κ1) is 32.5. The van der Waals surface area contributed by atoms with Gasteiger partial charge in [-0.1, -0.05) is 23.2 Å². The van der Waals surface area contributed by atoms with Crippen molar-refractivity contribution in [3.8, 4) is 0 Å². The van der Waals surface area contributed by atoms with E-state index in [4.69, 9.17) is 68.1 Å². The van der Waals surface area contributed by atoms with Crippen molar-refractivity contribution in [2.45, 2.75) is 49.1 Å². The Labute approximate surface area is 271 Å². The molecular weight excluding hydrogens is 723 g/mol. The Kier molecular flexibility index (Phi) is 8.37. The van der Waals surface area contributed by atoms with E-state index in [-0.39, 0.29) is 43.3 Å². The highest BCUT2D eigenvalue weighted by molar-refractivity contribution is 7.47. The van der Waals surface area contributed by atoms with Crippen LogP contribution in [0.15, 0.2) is 24.8 Å². The van der Waals surface area contributed by atoms with Crippen LogP contribution in [-0.4, -0.2) is 98.9 Å². The first-order valence-electron chi connectivity index (χ1n) is 13.2. The summed E-state index contributed by atoms with van der Waals surface area (Å²) in [6.45, 7) is -1.62. The first-order valence-corrected chi connectivity index (χ1v) is 17.3. The lowest BCUT2D eigenvalue weighted by Gasteiger charge is -2.27. The summed E-state index contributed by atoms with van der Waals surface area (Å²) in [7, 11) is -10.1. The lowest BCUT2D eigenvalue weighted by molar-refractivity contribution is -0.0663. The second-order valence-corrected chi connectivity index (χ2v) is 14.3. The zero-order valence-electron chi connectivity index (χ0n) is 22.7. The average Bonchev–Trinajstić information content (AvgIpc) is 3.71. The number of ether oxygens (including phenoxy) is 2. The minimum absolute atomic E-state index is 0.0443. The molecule has 4 aromatic rings. The normalized spacial score (nSPS) is 37.2. The number of nitrogen functional groups attached to an aromatic ring is 1. The third kappa shape index (κ3) is 5.72. The highest BCUT2D eigenvalue weighted by atomic mass is 35.5. The van der Waals surface area contributed by atoms with Gasteiger partial charge < -0.3 is 35.2 Å². The number of hydrogen-bond donors (Lipinski definition) is 5. The number of imidazole rings is 2. The molecule has 1 aromatic carbocycles. The van der Waals surface area contributed by atoms with Gasteiger partial charge in [0.15, 0.2) is 23.9 Å². The molecule has 10 atom stereocenters. The van der Waals surface area contributed by atoms with Crippen LogP contribution in [-0.2, 0) is 36.7 Å². The predicted octanol–water partition coefficient (Wildman–Crippen LogP) is 1.95. The van der Waals surface area contributed by atoms with Gasteiger partial charge in [0.1, 0.15) is 48.5 Å². The molecule has 6 N–H and O–H groups in total. The largest absolute Gasteiger partial charge is 0.472 e. The van der Waals surface area contributed by atoms with Gasteiger partial charge in [-0.25, -0.2) is 29.1 Å². The molecule has 7 rings (SSSR count). The summed E-state index contributed by atoms with van der Waals surface area (Å²) < 4.78 is 61.4. The number of nitrogens with two attached hydrogens (primary N) is 1. The summed E-state index contributed by atoms with van der Waals surface area (Å²) >= 11 is 18.6. The molecule has 3 fully saturated rings. The number of aliphatic hydroxyl groups excluding tert-OH is 2. The highest BCUT2D eigenvalue weighted by Crippen LogP contribution is 2.54. The number of aromatic nitrogens is 6. The average molecular weight is 745 g/mol. The number of hydrogen-bond acceptors (Lipinski definition) is 15. The summed E-state index contributed by atoms with van der Waals surface area (Å²) in [5.74, 6) is 0.0443. The zero-order valence-corrected chi connectivity index (χ0v) is 26.7. The van der Waals surface area contributed by atoms with E-state index >= 15 is 0 Å². The monoisotopic (exact) mass is 743 g/mol. The molecular formula is C22H22Cl3N7O12P2. The molecule has 0 spiro atoms. The van der Waals surface area contributed by atoms with E-state index in [0.717, 1.165) is 6.33 Å². The second kappa shape index (κ2) is 11.8. The highest BCUT2D eigenvalue weighted by Gasteiger charge is 2.54. The van der Waals surface area contributed by atoms with Crippen molar-refractivity contribution in [3.63, 3.8) is 0 Å². The fraction of sp³-hybridized carbons (Fsp3) is 0.455. The van der Waals surface area contributed by atoms with Crippen LogP contribution in [0.1, 0.15) is 12.5 Å². The van der Waals surface area contributed by atoms with Crippen molar-refractivity contribution in [2.75, 3.05) is 18.9 Å². The molecule has 24 heteroatoms. The van der Waals surface area contributed by atoms with Crippen LogP contribution in [0, 0.1) is 0 Å². The SMILES string of the molecule is Nc1ncnc2c1ncn2C1OC2COP(=O)(O)OC3C(COP(=O)(O)OC2C1O)OC(n1c(Cl)nc2cc(Cl)c(Cl)cc21)C3O. The molecule has 248 valence electrons. The predicted molar refractivity (Wildman–Crippen MR) is 156 cm³/mol. The van der Waals surface area contributed by atoms with Crippen molar-refractivity contribution in [2.24, 2.45) is 0 Å². The standard InChI is InChI=1S/C22H22Cl3N7O12P2/c23-7-1-9-10(2-8(7)24)32(22(25)30-9)21-15(34)17-12(42-21)4-40-45(35,36)43-16-11(3-39-46(37,38)44-17)41-20(14(16)33)31-6-29-13-18(26)27-5-28-19(13)31/h1-2,5-6,11-12,14-17,20-21,33-34H,3-4H2,(H,35,36)(H,37,38)(H2,26,27,28). The molecule has 3 aromatic heterocycles. The molecule has 0 bridgehead atoms. The van der Waals surface area contributed by atoms with E-state index < -0.39 is 77.9 Å². The van der Waals surface area contributed by atoms with Crippen LogP contribution in [0.5, 0.6) is 0 Å². The Morgan fingerprint density at radius 3 is 2.11 bits per heavy atom. The Balaban J connectivity index is 1.18. The van der Waals surface area contributed by atoms with E-state index in [0.29, 0.717) is 0 Å². The van der Waals surface area contributed by atoms with E-state index in [1.165, 1.54) is 27.6 Å². The summed E-state index contributed by atoms with van der Waals surface area (Å²) in [5, 5.41) is 22.5. The Hall–Kier alpha value is -2.03. The van der Waals surface area contributed by atoms with Gasteiger partial charge in [0.05, 0.1) is 40.6 Å². The maximum atomic E-state index is 13.1. The molecule has 46 heavy (non-hydrogen) atoms. The van der Waals surface area contributed by atoms with Gasteiger partial charge in [-0.2, -0.15) is 0 Å². The van der Waals surface area contributed by atoms with Crippen molar-refractivity contribution in [1.29, 1.82) is 0 Å². The number of phosphoric acid groups is 2. The minimum Gasteiger partial charge on any atom is -0.386 e. The maximum Gasteiger partial charge on any atom is 0.472 e. The third-order valence-corrected chi connectivity index (χ3v) is 10.5. The van der Waals surface area contributed by atoms with E-state index in [1.807, 2.05) is 0 Å². The van der Waals surface area contributed by atoms with Gasteiger partial charge >= 0.3 is 15.6 Å². The lowest BCUT2D eigenvalue weighted by Crippen LogP contribution is -2.39. The number of benzene rings is 1. The summed E-state index contributed by atoms with van der Waals surface area (Å²) in [6, 6.07) is 2.84. The van der Waals surface area contributed by atoms with E-state index in [1.54, 1.807) is 0 Å². The summed E-state index contributed by atoms with van der Waals surface area (Å²) in [6.07, 6.45) is -10.0. The minimum atomic E-state index is -5.05. The number of fused-ring (bicyclic) bond motifs is 4. The number of anilines is 1. The van der Waals surface area contributed by atoms with Gasteiger partial charge in [-0.05, 0) is 23.7 Å². The maximum absolute atomic E-state index is 13.1.